The molecule has 5 fully saturated rings. The van der Waals surface area contributed by atoms with E-state index in [-0.39, 0.29) is 17.2 Å². The van der Waals surface area contributed by atoms with Crippen LogP contribution in [0.15, 0.2) is 65.8 Å². The fourth-order valence-corrected chi connectivity index (χ4v) is 7.09. The number of carbonyl (C=O) groups excluding carboxylic acids is 1. The highest BCUT2D eigenvalue weighted by atomic mass is 16.2. The lowest BCUT2D eigenvalue weighted by molar-refractivity contribution is -0.122. The molecule has 1 amide bonds. The van der Waals surface area contributed by atoms with Gasteiger partial charge < -0.3 is 0 Å². The van der Waals surface area contributed by atoms with Gasteiger partial charge in [-0.05, 0) is 79.7 Å². The quantitative estimate of drug-likeness (QED) is 0.697. The van der Waals surface area contributed by atoms with Crippen LogP contribution >= 0.6 is 0 Å². The summed E-state index contributed by atoms with van der Waals surface area (Å²) in [6.07, 6.45) is 8.75. The van der Waals surface area contributed by atoms with Gasteiger partial charge in [-0.25, -0.2) is 5.43 Å². The number of nitrogens with zero attached hydrogens (tertiary/aromatic N) is 1. The molecular weight excluding hydrogens is 368 g/mol. The molecule has 1 N–H and O–H groups in total. The molecule has 0 saturated heterocycles. The molecule has 5 aliphatic rings. The molecule has 30 heavy (non-hydrogen) atoms. The molecule has 2 aromatic rings. The zero-order valence-corrected chi connectivity index (χ0v) is 17.5. The summed E-state index contributed by atoms with van der Waals surface area (Å²) in [6.45, 7) is 0. The lowest BCUT2D eigenvalue weighted by Gasteiger charge is -2.37. The van der Waals surface area contributed by atoms with Crippen LogP contribution in [0.1, 0.15) is 56.1 Å². The number of carbonyl (C=O) groups is 1. The second-order valence-corrected chi connectivity index (χ2v) is 10.2. The molecule has 5 aliphatic carbocycles. The normalized spacial score (nSPS) is 34.5. The Hall–Kier alpha value is -2.42. The van der Waals surface area contributed by atoms with E-state index in [1.54, 1.807) is 0 Å². The van der Waals surface area contributed by atoms with Crippen molar-refractivity contribution in [1.82, 2.24) is 5.43 Å². The first kappa shape index (κ1) is 18.4. The number of amides is 1. The van der Waals surface area contributed by atoms with Crippen molar-refractivity contribution in [1.29, 1.82) is 0 Å². The van der Waals surface area contributed by atoms with E-state index in [1.807, 2.05) is 12.1 Å². The molecule has 4 bridgehead atoms. The largest absolute Gasteiger partial charge is 0.273 e. The Morgan fingerprint density at radius 2 is 1.37 bits per heavy atom. The van der Waals surface area contributed by atoms with Crippen LogP contribution in [0.4, 0.5) is 0 Å². The van der Waals surface area contributed by atoms with Crippen LogP contribution in [-0.2, 0) is 10.2 Å². The molecule has 2 unspecified atom stereocenters. The van der Waals surface area contributed by atoms with Crippen LogP contribution in [0.3, 0.4) is 0 Å². The van der Waals surface area contributed by atoms with Crippen molar-refractivity contribution in [3.63, 3.8) is 0 Å². The Morgan fingerprint density at radius 1 is 0.800 bits per heavy atom. The Labute approximate surface area is 179 Å². The Bertz CT molecular complexity index is 913. The van der Waals surface area contributed by atoms with Gasteiger partial charge in [0.2, 0.25) is 5.91 Å². The molecule has 7 rings (SSSR count). The average molecular weight is 399 g/mol. The predicted octanol–water partition coefficient (Wildman–Crippen LogP) is 5.31. The first-order chi connectivity index (χ1) is 14.7. The van der Waals surface area contributed by atoms with E-state index in [0.29, 0.717) is 5.92 Å². The third-order valence-electron chi connectivity index (χ3n) is 8.37. The fourth-order valence-electron chi connectivity index (χ4n) is 7.09. The number of fused-ring (bicyclic) bond motifs is 1. The molecular formula is C27H30N2O. The molecule has 0 aliphatic heterocycles. The molecule has 0 radical (unpaired) electrons. The lowest BCUT2D eigenvalue weighted by Crippen LogP contribution is -2.30. The van der Waals surface area contributed by atoms with Crippen molar-refractivity contribution >= 4 is 11.6 Å². The van der Waals surface area contributed by atoms with Crippen LogP contribution < -0.4 is 5.43 Å². The first-order valence-corrected chi connectivity index (χ1v) is 11.7. The van der Waals surface area contributed by atoms with Crippen LogP contribution in [0.2, 0.25) is 0 Å². The minimum Gasteiger partial charge on any atom is -0.273 e. The summed E-state index contributed by atoms with van der Waals surface area (Å²) in [4.78, 5) is 13.2. The topological polar surface area (TPSA) is 41.5 Å². The maximum Gasteiger partial charge on any atom is 0.244 e. The smallest absolute Gasteiger partial charge is 0.244 e. The van der Waals surface area contributed by atoms with E-state index in [4.69, 9.17) is 5.10 Å². The first-order valence-electron chi connectivity index (χ1n) is 11.7. The molecule has 2 aromatic carbocycles. The summed E-state index contributed by atoms with van der Waals surface area (Å²) in [6, 6.07) is 21.0. The molecule has 5 saturated carbocycles. The highest BCUT2D eigenvalue weighted by molar-refractivity contribution is 5.91. The molecule has 0 aromatic heterocycles. The standard InChI is InChI=1S/C27H30N2O/c30-26(29-28-25-16-20-12-18-11-19(13-20)15-21(25)14-18)24-17-27(24,22-7-3-1-4-8-22)23-9-5-2-6-10-23/h1-10,18-21,24H,11-17H2,(H,29,30)/b28-25-/t18-,19+,20?,21?,24-/m0/s1. The van der Waals surface area contributed by atoms with Gasteiger partial charge in [-0.1, -0.05) is 60.7 Å². The van der Waals surface area contributed by atoms with Gasteiger partial charge in [-0.15, -0.1) is 0 Å². The minimum absolute atomic E-state index is 0.0507. The van der Waals surface area contributed by atoms with Gasteiger partial charge in [-0.3, -0.25) is 4.79 Å². The second-order valence-electron chi connectivity index (χ2n) is 10.2. The molecule has 154 valence electrons. The van der Waals surface area contributed by atoms with Gasteiger partial charge in [0.15, 0.2) is 0 Å². The van der Waals surface area contributed by atoms with E-state index in [2.05, 4.69) is 54.0 Å². The maximum atomic E-state index is 13.2. The van der Waals surface area contributed by atoms with Crippen LogP contribution in [0, 0.1) is 29.6 Å². The summed E-state index contributed by atoms with van der Waals surface area (Å²) in [5.41, 5.74) is 6.56. The van der Waals surface area contributed by atoms with Gasteiger partial charge in [0.25, 0.3) is 0 Å². The Balaban J connectivity index is 1.24. The number of hydrogen-bond donors (Lipinski definition) is 1. The van der Waals surface area contributed by atoms with Gasteiger partial charge in [0.1, 0.15) is 0 Å². The van der Waals surface area contributed by atoms with Crippen molar-refractivity contribution in [3.05, 3.63) is 71.8 Å². The van der Waals surface area contributed by atoms with E-state index >= 15 is 0 Å². The van der Waals surface area contributed by atoms with Crippen molar-refractivity contribution < 1.29 is 4.79 Å². The highest BCUT2D eigenvalue weighted by Crippen LogP contribution is 2.59. The number of benzene rings is 2. The zero-order chi connectivity index (χ0) is 20.1. The highest BCUT2D eigenvalue weighted by Gasteiger charge is 2.60. The van der Waals surface area contributed by atoms with Gasteiger partial charge in [0, 0.05) is 11.1 Å². The summed E-state index contributed by atoms with van der Waals surface area (Å²) < 4.78 is 0. The summed E-state index contributed by atoms with van der Waals surface area (Å²) in [5.74, 6) is 3.25. The Kier molecular flexibility index (Phi) is 4.33. The van der Waals surface area contributed by atoms with Crippen LogP contribution in [0.25, 0.3) is 0 Å². The van der Waals surface area contributed by atoms with Gasteiger partial charge in [0.05, 0.1) is 5.92 Å². The van der Waals surface area contributed by atoms with E-state index < -0.39 is 0 Å². The minimum atomic E-state index is -0.215. The van der Waals surface area contributed by atoms with Crippen LogP contribution in [-0.4, -0.2) is 11.6 Å². The third kappa shape index (κ3) is 3.02. The monoisotopic (exact) mass is 398 g/mol. The Morgan fingerprint density at radius 3 is 1.97 bits per heavy atom. The molecule has 0 heterocycles. The van der Waals surface area contributed by atoms with Crippen molar-refractivity contribution in [2.45, 2.75) is 50.4 Å². The summed E-state index contributed by atoms with van der Waals surface area (Å²) >= 11 is 0. The molecule has 3 nitrogen and oxygen atoms in total. The summed E-state index contributed by atoms with van der Waals surface area (Å²) in [5, 5.41) is 4.77. The fraction of sp³-hybridized carbons (Fsp3) is 0.481. The van der Waals surface area contributed by atoms with E-state index in [9.17, 15) is 4.79 Å². The third-order valence-corrected chi connectivity index (χ3v) is 8.37. The van der Waals surface area contributed by atoms with Crippen LogP contribution in [0.5, 0.6) is 0 Å². The lowest BCUT2D eigenvalue weighted by atomic mass is 9.68. The molecule has 0 spiro atoms. The van der Waals surface area contributed by atoms with E-state index in [1.165, 1.54) is 48.9 Å². The predicted molar refractivity (Wildman–Crippen MR) is 119 cm³/mol. The summed E-state index contributed by atoms with van der Waals surface area (Å²) in [7, 11) is 0. The molecule has 3 heteroatoms. The van der Waals surface area contributed by atoms with Gasteiger partial charge >= 0.3 is 0 Å². The maximum absolute atomic E-state index is 13.2. The van der Waals surface area contributed by atoms with Crippen molar-refractivity contribution in [2.75, 3.05) is 0 Å². The van der Waals surface area contributed by atoms with Crippen molar-refractivity contribution in [2.24, 2.45) is 34.7 Å². The second kappa shape index (κ2) is 7.08. The number of hydrogen-bond acceptors (Lipinski definition) is 2. The number of hydrazone groups is 1. The molecule has 5 atom stereocenters. The average Bonchev–Trinajstić information content (AvgIpc) is 3.56. The van der Waals surface area contributed by atoms with Crippen molar-refractivity contribution in [3.8, 4) is 0 Å². The SMILES string of the molecule is O=C(N/N=C1/CC2C[C@@H]3CC1C[C@H](C2)C3)[C@@H]1CC1(c1ccccc1)c1ccccc1. The van der Waals surface area contributed by atoms with Gasteiger partial charge in [-0.2, -0.15) is 5.10 Å². The van der Waals surface area contributed by atoms with E-state index in [0.717, 1.165) is 30.6 Å². The number of rotatable bonds is 4. The number of nitrogens with one attached hydrogen (secondary N) is 1. The zero-order valence-electron chi connectivity index (χ0n) is 17.5.